The zero-order chi connectivity index (χ0) is 21.8. The molecule has 2 aromatic rings. The van der Waals surface area contributed by atoms with E-state index in [0.717, 1.165) is 24.8 Å². The molecule has 0 saturated carbocycles. The summed E-state index contributed by atoms with van der Waals surface area (Å²) in [6, 6.07) is 10.8. The van der Waals surface area contributed by atoms with Crippen LogP contribution in [0.1, 0.15) is 48.9 Å². The minimum absolute atomic E-state index is 0.0618. The number of aryl methyl sites for hydroxylation is 1. The molecule has 0 bridgehead atoms. The number of amides is 1. The summed E-state index contributed by atoms with van der Waals surface area (Å²) in [4.78, 5) is 27.3. The first-order valence-electron chi connectivity index (χ1n) is 10.1. The molecule has 2 aromatic carbocycles. The van der Waals surface area contributed by atoms with Gasteiger partial charge in [-0.2, -0.15) is 0 Å². The molecule has 0 aromatic heterocycles. The van der Waals surface area contributed by atoms with E-state index >= 15 is 0 Å². The molecule has 1 atom stereocenters. The maximum atomic E-state index is 12.9. The highest BCUT2D eigenvalue weighted by atomic mass is 16.5. The second-order valence-electron chi connectivity index (χ2n) is 7.48. The molecule has 6 heteroatoms. The quantitative estimate of drug-likeness (QED) is 0.308. The second-order valence-corrected chi connectivity index (χ2v) is 7.48. The molecule has 30 heavy (non-hydrogen) atoms. The maximum Gasteiger partial charge on any atom is 0.295 e. The van der Waals surface area contributed by atoms with Crippen LogP contribution >= 0.6 is 0 Å². The maximum absolute atomic E-state index is 12.9. The Morgan fingerprint density at radius 1 is 1.10 bits per heavy atom. The van der Waals surface area contributed by atoms with Crippen LogP contribution in [0, 0.1) is 6.92 Å². The summed E-state index contributed by atoms with van der Waals surface area (Å²) in [6.07, 6.45) is 2.68. The van der Waals surface area contributed by atoms with E-state index in [1.165, 1.54) is 17.0 Å². The van der Waals surface area contributed by atoms with Crippen LogP contribution in [-0.2, 0) is 9.59 Å². The Bertz CT molecular complexity index is 978. The van der Waals surface area contributed by atoms with Crippen LogP contribution in [0.5, 0.6) is 11.5 Å². The third-order valence-corrected chi connectivity index (χ3v) is 5.42. The fraction of sp³-hybridized carbons (Fsp3) is 0.333. The highest BCUT2D eigenvalue weighted by Gasteiger charge is 2.45. The summed E-state index contributed by atoms with van der Waals surface area (Å²) >= 11 is 0. The Hall–Kier alpha value is -3.28. The number of hydrogen-bond donors (Lipinski definition) is 2. The minimum atomic E-state index is -0.704. The van der Waals surface area contributed by atoms with Gasteiger partial charge in [0.1, 0.15) is 17.3 Å². The van der Waals surface area contributed by atoms with Crippen molar-refractivity contribution < 1.29 is 24.5 Å². The summed E-state index contributed by atoms with van der Waals surface area (Å²) in [6.45, 7) is 4.33. The molecule has 1 unspecified atom stereocenters. The van der Waals surface area contributed by atoms with Crippen molar-refractivity contribution in [2.75, 3.05) is 13.7 Å². The van der Waals surface area contributed by atoms with Crippen LogP contribution < -0.4 is 4.74 Å². The van der Waals surface area contributed by atoms with Crippen LogP contribution in [0.2, 0.25) is 0 Å². The van der Waals surface area contributed by atoms with Crippen molar-refractivity contribution in [3.63, 3.8) is 0 Å². The van der Waals surface area contributed by atoms with E-state index in [1.54, 1.807) is 37.4 Å². The molecule has 0 spiro atoms. The standard InChI is InChI=1S/C24H27NO5/c1-4-5-6-13-25-21(16-7-10-18(26)11-8-16)20(23(28)24(25)29)22(27)17-9-12-19(30-3)15(2)14-17/h7-12,14,21,26-27H,4-6,13H2,1-3H3/b22-20-. The number of aliphatic hydroxyl groups is 1. The van der Waals surface area contributed by atoms with E-state index in [-0.39, 0.29) is 17.1 Å². The number of carbonyl (C=O) groups excluding carboxylic acids is 2. The summed E-state index contributed by atoms with van der Waals surface area (Å²) in [7, 11) is 1.56. The summed E-state index contributed by atoms with van der Waals surface area (Å²) in [5, 5.41) is 20.7. The lowest BCUT2D eigenvalue weighted by atomic mass is 9.94. The molecule has 1 aliphatic rings. The van der Waals surface area contributed by atoms with Gasteiger partial charge in [-0.15, -0.1) is 0 Å². The topological polar surface area (TPSA) is 87.1 Å². The molecule has 1 heterocycles. The predicted molar refractivity (Wildman–Crippen MR) is 114 cm³/mol. The number of phenolic OH excluding ortho intramolecular Hbond substituents is 1. The van der Waals surface area contributed by atoms with Gasteiger partial charge in [0.15, 0.2) is 0 Å². The molecule has 1 fully saturated rings. The third kappa shape index (κ3) is 4.03. The van der Waals surface area contributed by atoms with Gasteiger partial charge in [-0.25, -0.2) is 0 Å². The molecule has 0 aliphatic carbocycles. The molecule has 1 saturated heterocycles. The van der Waals surface area contributed by atoms with Crippen molar-refractivity contribution in [2.24, 2.45) is 0 Å². The van der Waals surface area contributed by atoms with Gasteiger partial charge in [0.05, 0.1) is 18.7 Å². The minimum Gasteiger partial charge on any atom is -0.508 e. The van der Waals surface area contributed by atoms with Gasteiger partial charge < -0.3 is 19.8 Å². The van der Waals surface area contributed by atoms with Crippen molar-refractivity contribution in [3.05, 3.63) is 64.7 Å². The smallest absolute Gasteiger partial charge is 0.295 e. The zero-order valence-corrected chi connectivity index (χ0v) is 17.5. The Balaban J connectivity index is 2.12. The summed E-state index contributed by atoms with van der Waals surface area (Å²) < 4.78 is 5.27. The van der Waals surface area contributed by atoms with Gasteiger partial charge in [-0.1, -0.05) is 31.9 Å². The highest BCUT2D eigenvalue weighted by molar-refractivity contribution is 6.46. The summed E-state index contributed by atoms with van der Waals surface area (Å²) in [5.41, 5.74) is 1.98. The Kier molecular flexibility index (Phi) is 6.45. The number of nitrogens with zero attached hydrogens (tertiary/aromatic N) is 1. The number of likely N-dealkylation sites (tertiary alicyclic amines) is 1. The fourth-order valence-corrected chi connectivity index (χ4v) is 3.83. The number of rotatable bonds is 7. The van der Waals surface area contributed by atoms with Crippen molar-refractivity contribution >= 4 is 17.4 Å². The van der Waals surface area contributed by atoms with Gasteiger partial charge in [0.2, 0.25) is 0 Å². The molecule has 1 aliphatic heterocycles. The number of phenols is 1. The molecule has 2 N–H and O–H groups in total. The first-order chi connectivity index (χ1) is 14.4. The van der Waals surface area contributed by atoms with Crippen molar-refractivity contribution in [3.8, 4) is 11.5 Å². The second kappa shape index (κ2) is 9.03. The normalized spacial score (nSPS) is 18.1. The Morgan fingerprint density at radius 3 is 2.40 bits per heavy atom. The lowest BCUT2D eigenvalue weighted by Crippen LogP contribution is -2.30. The number of hydrogen-bond acceptors (Lipinski definition) is 5. The van der Waals surface area contributed by atoms with Crippen LogP contribution in [-0.4, -0.2) is 40.5 Å². The average molecular weight is 409 g/mol. The highest BCUT2D eigenvalue weighted by Crippen LogP contribution is 2.40. The van der Waals surface area contributed by atoms with Gasteiger partial charge in [-0.3, -0.25) is 9.59 Å². The van der Waals surface area contributed by atoms with E-state index in [2.05, 4.69) is 6.92 Å². The molecule has 6 nitrogen and oxygen atoms in total. The van der Waals surface area contributed by atoms with Crippen LogP contribution in [0.3, 0.4) is 0 Å². The van der Waals surface area contributed by atoms with E-state index < -0.39 is 17.7 Å². The SMILES string of the molecule is CCCCCN1C(=O)C(=O)/C(=C(\O)c2ccc(OC)c(C)c2)C1c1ccc(O)cc1. The lowest BCUT2D eigenvalue weighted by Gasteiger charge is -2.25. The van der Waals surface area contributed by atoms with E-state index in [4.69, 9.17) is 4.74 Å². The predicted octanol–water partition coefficient (Wildman–Crippen LogP) is 4.32. The van der Waals surface area contributed by atoms with Gasteiger partial charge in [0, 0.05) is 12.1 Å². The van der Waals surface area contributed by atoms with Crippen molar-refractivity contribution in [1.82, 2.24) is 4.90 Å². The number of methoxy groups -OCH3 is 1. The molecule has 158 valence electrons. The number of unbranched alkanes of at least 4 members (excludes halogenated alkanes) is 2. The Labute approximate surface area is 176 Å². The Morgan fingerprint density at radius 2 is 1.80 bits per heavy atom. The third-order valence-electron chi connectivity index (χ3n) is 5.42. The van der Waals surface area contributed by atoms with E-state index in [1.807, 2.05) is 6.92 Å². The molecule has 0 radical (unpaired) electrons. The number of carbonyl (C=O) groups is 2. The molecular weight excluding hydrogens is 382 g/mol. The molecular formula is C24H27NO5. The zero-order valence-electron chi connectivity index (χ0n) is 17.5. The number of benzene rings is 2. The van der Waals surface area contributed by atoms with Gasteiger partial charge in [0.25, 0.3) is 11.7 Å². The van der Waals surface area contributed by atoms with E-state index in [9.17, 15) is 19.8 Å². The van der Waals surface area contributed by atoms with Crippen molar-refractivity contribution in [2.45, 2.75) is 39.2 Å². The van der Waals surface area contributed by atoms with Crippen LogP contribution in [0.4, 0.5) is 0 Å². The number of aromatic hydroxyl groups is 1. The van der Waals surface area contributed by atoms with Crippen LogP contribution in [0.15, 0.2) is 48.0 Å². The average Bonchev–Trinajstić information content (AvgIpc) is 2.99. The van der Waals surface area contributed by atoms with Crippen LogP contribution in [0.25, 0.3) is 5.76 Å². The molecule has 1 amide bonds. The largest absolute Gasteiger partial charge is 0.508 e. The van der Waals surface area contributed by atoms with Gasteiger partial charge >= 0.3 is 0 Å². The number of ketones is 1. The first-order valence-corrected chi connectivity index (χ1v) is 10.1. The number of aliphatic hydroxyl groups excluding tert-OH is 1. The molecule has 3 rings (SSSR count). The van der Waals surface area contributed by atoms with E-state index in [0.29, 0.717) is 23.4 Å². The first kappa shape index (κ1) is 21.4. The number of Topliss-reactive ketones (excluding diaryl/α,β-unsaturated/α-hetero) is 1. The number of ether oxygens (including phenoxy) is 1. The van der Waals surface area contributed by atoms with Crippen molar-refractivity contribution in [1.29, 1.82) is 0 Å². The summed E-state index contributed by atoms with van der Waals surface area (Å²) in [5.74, 6) is -0.768. The lowest BCUT2D eigenvalue weighted by molar-refractivity contribution is -0.139. The fourth-order valence-electron chi connectivity index (χ4n) is 3.83. The monoisotopic (exact) mass is 409 g/mol. The van der Waals surface area contributed by atoms with Gasteiger partial charge in [-0.05, 0) is 54.8 Å².